The number of H-pyrrole nitrogens is 1. The van der Waals surface area contributed by atoms with Crippen LogP contribution in [0.4, 0.5) is 0 Å². The molecule has 0 fully saturated rings. The fraction of sp³-hybridized carbons (Fsp3) is 0.100. The first kappa shape index (κ1) is 7.69. The second-order valence-electron chi connectivity index (χ2n) is 2.90. The molecule has 0 aliphatic rings. The highest BCUT2D eigenvalue weighted by Gasteiger charge is 2.07. The van der Waals surface area contributed by atoms with Crippen molar-refractivity contribution in [3.63, 3.8) is 0 Å². The van der Waals surface area contributed by atoms with Gasteiger partial charge in [-0.05, 0) is 12.1 Å². The van der Waals surface area contributed by atoms with Crippen LogP contribution < -0.4 is 0 Å². The standard InChI is InChI=1S/C10H9N3/c1-13-4-2-3-10(13)9-7-12-6-8(9)5-11/h2-4,6-7,12H,1H3. The number of nitrogens with zero attached hydrogens (tertiary/aromatic N) is 2. The molecule has 0 spiro atoms. The lowest BCUT2D eigenvalue weighted by molar-refractivity contribution is 0.937. The maximum absolute atomic E-state index is 8.82. The van der Waals surface area contributed by atoms with Gasteiger partial charge in [0.2, 0.25) is 0 Å². The van der Waals surface area contributed by atoms with Crippen molar-refractivity contribution in [1.29, 1.82) is 5.26 Å². The molecule has 3 nitrogen and oxygen atoms in total. The van der Waals surface area contributed by atoms with Crippen LogP contribution in [-0.4, -0.2) is 9.55 Å². The topological polar surface area (TPSA) is 44.5 Å². The zero-order chi connectivity index (χ0) is 9.26. The molecule has 13 heavy (non-hydrogen) atoms. The van der Waals surface area contributed by atoms with E-state index in [1.807, 2.05) is 36.1 Å². The minimum atomic E-state index is 0.682. The van der Waals surface area contributed by atoms with Gasteiger partial charge < -0.3 is 9.55 Å². The summed E-state index contributed by atoms with van der Waals surface area (Å²) in [6.07, 6.45) is 5.51. The van der Waals surface area contributed by atoms with E-state index in [4.69, 9.17) is 5.26 Å². The van der Waals surface area contributed by atoms with Crippen LogP contribution in [0, 0.1) is 11.3 Å². The number of nitriles is 1. The molecule has 0 unspecified atom stereocenters. The predicted molar refractivity (Wildman–Crippen MR) is 49.9 cm³/mol. The van der Waals surface area contributed by atoms with Gasteiger partial charge >= 0.3 is 0 Å². The van der Waals surface area contributed by atoms with E-state index in [2.05, 4.69) is 11.1 Å². The summed E-state index contributed by atoms with van der Waals surface area (Å²) in [5.74, 6) is 0. The number of hydrogen-bond acceptors (Lipinski definition) is 1. The van der Waals surface area contributed by atoms with E-state index in [0.717, 1.165) is 11.3 Å². The second-order valence-corrected chi connectivity index (χ2v) is 2.90. The number of hydrogen-bond donors (Lipinski definition) is 1. The average Bonchev–Trinajstić information content (AvgIpc) is 2.71. The van der Waals surface area contributed by atoms with Crippen LogP contribution in [0.5, 0.6) is 0 Å². The minimum Gasteiger partial charge on any atom is -0.366 e. The van der Waals surface area contributed by atoms with Crippen molar-refractivity contribution in [2.75, 3.05) is 0 Å². The number of rotatable bonds is 1. The minimum absolute atomic E-state index is 0.682. The molecule has 0 saturated heterocycles. The summed E-state index contributed by atoms with van der Waals surface area (Å²) in [7, 11) is 1.96. The van der Waals surface area contributed by atoms with E-state index in [0.29, 0.717) is 5.56 Å². The second kappa shape index (κ2) is 2.83. The lowest BCUT2D eigenvalue weighted by atomic mass is 10.1. The zero-order valence-corrected chi connectivity index (χ0v) is 7.28. The van der Waals surface area contributed by atoms with Crippen LogP contribution >= 0.6 is 0 Å². The molecule has 0 bridgehead atoms. The molecule has 0 radical (unpaired) electrons. The first-order valence-corrected chi connectivity index (χ1v) is 4.01. The maximum Gasteiger partial charge on any atom is 0.101 e. The fourth-order valence-electron chi connectivity index (χ4n) is 1.41. The summed E-state index contributed by atoms with van der Waals surface area (Å²) in [4.78, 5) is 2.93. The van der Waals surface area contributed by atoms with Gasteiger partial charge in [-0.3, -0.25) is 0 Å². The monoisotopic (exact) mass is 171 g/mol. The molecule has 3 heteroatoms. The molecule has 2 heterocycles. The number of aryl methyl sites for hydroxylation is 1. The molecule has 0 saturated carbocycles. The molecule has 2 aromatic rings. The third kappa shape index (κ3) is 1.13. The van der Waals surface area contributed by atoms with Crippen molar-refractivity contribution in [3.05, 3.63) is 36.3 Å². The van der Waals surface area contributed by atoms with Crippen LogP contribution in [0.1, 0.15) is 5.56 Å². The Labute approximate surface area is 76.2 Å². The highest BCUT2D eigenvalue weighted by atomic mass is 14.9. The Kier molecular flexibility index (Phi) is 1.67. The molecular weight excluding hydrogens is 162 g/mol. The molecule has 0 amide bonds. The molecule has 0 aliphatic heterocycles. The highest BCUT2D eigenvalue weighted by molar-refractivity contribution is 5.67. The molecule has 0 aromatic carbocycles. The van der Waals surface area contributed by atoms with E-state index in [1.54, 1.807) is 6.20 Å². The first-order valence-electron chi connectivity index (χ1n) is 4.01. The lowest BCUT2D eigenvalue weighted by Gasteiger charge is -1.99. The zero-order valence-electron chi connectivity index (χ0n) is 7.28. The van der Waals surface area contributed by atoms with Gasteiger partial charge in [-0.1, -0.05) is 0 Å². The summed E-state index contributed by atoms with van der Waals surface area (Å²) in [5, 5.41) is 8.82. The molecule has 2 aromatic heterocycles. The van der Waals surface area contributed by atoms with Crippen LogP contribution in [0.2, 0.25) is 0 Å². The fourth-order valence-corrected chi connectivity index (χ4v) is 1.41. The van der Waals surface area contributed by atoms with Crippen LogP contribution in [0.15, 0.2) is 30.7 Å². The van der Waals surface area contributed by atoms with Crippen molar-refractivity contribution in [3.8, 4) is 17.3 Å². The van der Waals surface area contributed by atoms with Gasteiger partial charge in [0.25, 0.3) is 0 Å². The van der Waals surface area contributed by atoms with Gasteiger partial charge in [-0.15, -0.1) is 0 Å². The summed E-state index contributed by atoms with van der Waals surface area (Å²) < 4.78 is 1.99. The molecule has 0 atom stereocenters. The number of aromatic amines is 1. The molecular formula is C10H9N3. The summed E-state index contributed by atoms with van der Waals surface area (Å²) in [6, 6.07) is 6.10. The van der Waals surface area contributed by atoms with E-state index in [1.165, 1.54) is 0 Å². The van der Waals surface area contributed by atoms with Gasteiger partial charge in [0.1, 0.15) is 6.07 Å². The Hall–Kier alpha value is -1.95. The van der Waals surface area contributed by atoms with Crippen molar-refractivity contribution >= 4 is 0 Å². The summed E-state index contributed by atoms with van der Waals surface area (Å²) in [5.41, 5.74) is 2.69. The van der Waals surface area contributed by atoms with Gasteiger partial charge in [-0.2, -0.15) is 5.26 Å². The average molecular weight is 171 g/mol. The lowest BCUT2D eigenvalue weighted by Crippen LogP contribution is -1.88. The highest BCUT2D eigenvalue weighted by Crippen LogP contribution is 2.22. The molecule has 2 rings (SSSR count). The third-order valence-electron chi connectivity index (χ3n) is 2.09. The van der Waals surface area contributed by atoms with Gasteiger partial charge in [0.05, 0.1) is 11.3 Å². The SMILES string of the molecule is Cn1cccc1-c1c[nH]cc1C#N. The Morgan fingerprint density at radius 2 is 2.31 bits per heavy atom. The predicted octanol–water partition coefficient (Wildman–Crippen LogP) is 1.89. The number of aromatic nitrogens is 2. The van der Waals surface area contributed by atoms with Crippen LogP contribution in [0.3, 0.4) is 0 Å². The van der Waals surface area contributed by atoms with E-state index in [-0.39, 0.29) is 0 Å². The summed E-state index contributed by atoms with van der Waals surface area (Å²) >= 11 is 0. The van der Waals surface area contributed by atoms with E-state index in [9.17, 15) is 0 Å². The van der Waals surface area contributed by atoms with Crippen LogP contribution in [0.25, 0.3) is 11.3 Å². The van der Waals surface area contributed by atoms with Gasteiger partial charge in [-0.25, -0.2) is 0 Å². The quantitative estimate of drug-likeness (QED) is 0.699. The van der Waals surface area contributed by atoms with E-state index < -0.39 is 0 Å². The molecule has 1 N–H and O–H groups in total. The van der Waals surface area contributed by atoms with Gasteiger partial charge in [0, 0.05) is 31.2 Å². The molecule has 64 valence electrons. The van der Waals surface area contributed by atoms with E-state index >= 15 is 0 Å². The Bertz CT molecular complexity index is 456. The number of nitrogens with one attached hydrogen (secondary N) is 1. The van der Waals surface area contributed by atoms with Gasteiger partial charge in [0.15, 0.2) is 0 Å². The largest absolute Gasteiger partial charge is 0.366 e. The summed E-state index contributed by atoms with van der Waals surface area (Å²) in [6.45, 7) is 0. The van der Waals surface area contributed by atoms with Crippen LogP contribution in [-0.2, 0) is 7.05 Å². The molecule has 0 aliphatic carbocycles. The maximum atomic E-state index is 8.82. The Morgan fingerprint density at radius 1 is 1.46 bits per heavy atom. The Balaban J connectivity index is 2.60. The smallest absolute Gasteiger partial charge is 0.101 e. The van der Waals surface area contributed by atoms with Crippen molar-refractivity contribution in [2.24, 2.45) is 7.05 Å². The normalized spacial score (nSPS) is 9.85. The van der Waals surface area contributed by atoms with Crippen molar-refractivity contribution in [1.82, 2.24) is 9.55 Å². The van der Waals surface area contributed by atoms with Crippen molar-refractivity contribution in [2.45, 2.75) is 0 Å². The first-order chi connectivity index (χ1) is 6.33. The third-order valence-corrected chi connectivity index (χ3v) is 2.09. The van der Waals surface area contributed by atoms with Crippen molar-refractivity contribution < 1.29 is 0 Å². The Morgan fingerprint density at radius 3 is 2.92 bits per heavy atom.